The highest BCUT2D eigenvalue weighted by atomic mass is 35.5. The van der Waals surface area contributed by atoms with Gasteiger partial charge in [0.25, 0.3) is 5.56 Å². The van der Waals surface area contributed by atoms with E-state index in [9.17, 15) is 9.59 Å². The number of aromatic nitrogens is 4. The van der Waals surface area contributed by atoms with Gasteiger partial charge in [0.05, 0.1) is 19.1 Å². The minimum absolute atomic E-state index is 0.0463. The summed E-state index contributed by atoms with van der Waals surface area (Å²) in [6, 6.07) is 5.52. The van der Waals surface area contributed by atoms with Gasteiger partial charge in [-0.25, -0.2) is 9.78 Å². The first kappa shape index (κ1) is 19.7. The fourth-order valence-corrected chi connectivity index (χ4v) is 3.47. The third-order valence-electron chi connectivity index (χ3n) is 4.83. The monoisotopic (exact) mass is 431 g/mol. The van der Waals surface area contributed by atoms with Crippen molar-refractivity contribution < 1.29 is 14.6 Å². The summed E-state index contributed by atoms with van der Waals surface area (Å²) in [6.07, 6.45) is 0.337. The van der Waals surface area contributed by atoms with E-state index in [1.807, 2.05) is 12.1 Å². The zero-order valence-electron chi connectivity index (χ0n) is 15.9. The Bertz CT molecular complexity index is 1160. The van der Waals surface area contributed by atoms with Crippen LogP contribution in [0.2, 0.25) is 5.28 Å². The SMILES string of the molecule is COc1cc(N2CCN(C(=O)O)CC2)ccc1Nc1nc(Cl)nc2nc[nH]c(=O)c12. The second kappa shape index (κ2) is 8.03. The number of H-pyrrole nitrogens is 1. The number of ether oxygens (including phenoxy) is 1. The standard InChI is InChI=1S/C18H18ClN7O4/c1-30-12-8-10(25-4-6-26(7-5-25)18(28)29)2-3-11(12)22-15-13-14(23-17(19)24-15)20-9-21-16(13)27/h2-3,8-9H,4-7H2,1H3,(H,28,29)(H2,20,21,22,23,24,27). The number of rotatable bonds is 4. The van der Waals surface area contributed by atoms with Crippen LogP contribution in [-0.4, -0.2) is 69.3 Å². The van der Waals surface area contributed by atoms with E-state index < -0.39 is 11.7 Å². The number of anilines is 3. The third kappa shape index (κ3) is 3.79. The van der Waals surface area contributed by atoms with Crippen LogP contribution in [0.25, 0.3) is 11.0 Å². The minimum atomic E-state index is -0.910. The lowest BCUT2D eigenvalue weighted by molar-refractivity contribution is 0.142. The molecule has 1 aromatic carbocycles. The van der Waals surface area contributed by atoms with E-state index in [0.29, 0.717) is 37.6 Å². The molecule has 4 rings (SSSR count). The number of piperazine rings is 1. The van der Waals surface area contributed by atoms with E-state index in [4.69, 9.17) is 21.4 Å². The number of nitrogens with one attached hydrogen (secondary N) is 2. The van der Waals surface area contributed by atoms with E-state index in [-0.39, 0.29) is 22.1 Å². The van der Waals surface area contributed by atoms with Gasteiger partial charge in [-0.3, -0.25) is 4.79 Å². The molecular formula is C18H18ClN7O4. The highest BCUT2D eigenvalue weighted by molar-refractivity contribution is 6.28. The van der Waals surface area contributed by atoms with Crippen LogP contribution in [0, 0.1) is 0 Å². The van der Waals surface area contributed by atoms with Gasteiger partial charge >= 0.3 is 6.09 Å². The molecule has 12 heteroatoms. The van der Waals surface area contributed by atoms with Crippen LogP contribution in [0.3, 0.4) is 0 Å². The number of halogens is 1. The van der Waals surface area contributed by atoms with Crippen molar-refractivity contribution in [2.24, 2.45) is 0 Å². The van der Waals surface area contributed by atoms with Crippen molar-refractivity contribution in [1.82, 2.24) is 24.8 Å². The summed E-state index contributed by atoms with van der Waals surface area (Å²) in [5, 5.41) is 12.3. The molecule has 0 atom stereocenters. The molecule has 3 heterocycles. The number of nitrogens with zero attached hydrogens (tertiary/aromatic N) is 5. The van der Waals surface area contributed by atoms with E-state index in [2.05, 4.69) is 30.2 Å². The Morgan fingerprint density at radius 1 is 1.27 bits per heavy atom. The smallest absolute Gasteiger partial charge is 0.407 e. The van der Waals surface area contributed by atoms with Crippen molar-refractivity contribution in [3.05, 3.63) is 40.2 Å². The van der Waals surface area contributed by atoms with Crippen LogP contribution in [0.4, 0.5) is 22.0 Å². The number of methoxy groups -OCH3 is 1. The van der Waals surface area contributed by atoms with Gasteiger partial charge in [-0.15, -0.1) is 0 Å². The molecule has 0 saturated carbocycles. The van der Waals surface area contributed by atoms with Crippen molar-refractivity contribution in [2.75, 3.05) is 43.5 Å². The molecule has 11 nitrogen and oxygen atoms in total. The van der Waals surface area contributed by atoms with Crippen molar-refractivity contribution in [2.45, 2.75) is 0 Å². The predicted octanol–water partition coefficient (Wildman–Crippen LogP) is 1.92. The number of benzene rings is 1. The Kier molecular flexibility index (Phi) is 5.27. The summed E-state index contributed by atoms with van der Waals surface area (Å²) in [4.78, 5) is 41.4. The van der Waals surface area contributed by atoms with Crippen LogP contribution in [0.5, 0.6) is 5.75 Å². The van der Waals surface area contributed by atoms with E-state index in [1.54, 1.807) is 6.07 Å². The molecule has 3 aromatic rings. The van der Waals surface area contributed by atoms with Crippen molar-refractivity contribution in [3.63, 3.8) is 0 Å². The number of aromatic amines is 1. The summed E-state index contributed by atoms with van der Waals surface area (Å²) in [5.41, 5.74) is 1.25. The molecule has 30 heavy (non-hydrogen) atoms. The molecule has 1 aliphatic rings. The maximum atomic E-state index is 12.2. The Balaban J connectivity index is 1.63. The number of fused-ring (bicyclic) bond motifs is 1. The molecule has 0 spiro atoms. The van der Waals surface area contributed by atoms with Gasteiger partial charge in [0.15, 0.2) is 11.5 Å². The van der Waals surface area contributed by atoms with Gasteiger partial charge in [-0.2, -0.15) is 9.97 Å². The van der Waals surface area contributed by atoms with Crippen molar-refractivity contribution >= 4 is 45.9 Å². The normalized spacial score (nSPS) is 14.1. The summed E-state index contributed by atoms with van der Waals surface area (Å²) >= 11 is 5.98. The zero-order valence-corrected chi connectivity index (χ0v) is 16.7. The van der Waals surface area contributed by atoms with Gasteiger partial charge in [0.1, 0.15) is 11.1 Å². The Hall–Kier alpha value is -3.60. The number of hydrogen-bond acceptors (Lipinski definition) is 8. The quantitative estimate of drug-likeness (QED) is 0.529. The average molecular weight is 432 g/mol. The van der Waals surface area contributed by atoms with Gasteiger partial charge in [0.2, 0.25) is 5.28 Å². The summed E-state index contributed by atoms with van der Waals surface area (Å²) < 4.78 is 5.51. The molecule has 156 valence electrons. The Labute approximate surface area is 175 Å². The fourth-order valence-electron chi connectivity index (χ4n) is 3.30. The molecular weight excluding hydrogens is 414 g/mol. The molecule has 0 unspecified atom stereocenters. The first-order chi connectivity index (χ1) is 14.5. The predicted molar refractivity (Wildman–Crippen MR) is 111 cm³/mol. The van der Waals surface area contributed by atoms with Crippen LogP contribution in [0.1, 0.15) is 0 Å². The largest absolute Gasteiger partial charge is 0.494 e. The first-order valence-corrected chi connectivity index (χ1v) is 9.43. The van der Waals surface area contributed by atoms with Crippen molar-refractivity contribution in [3.8, 4) is 5.75 Å². The number of carbonyl (C=O) groups is 1. The molecule has 0 bridgehead atoms. The highest BCUT2D eigenvalue weighted by Gasteiger charge is 2.21. The van der Waals surface area contributed by atoms with E-state index in [1.165, 1.54) is 18.3 Å². The van der Waals surface area contributed by atoms with E-state index in [0.717, 1.165) is 5.69 Å². The molecule has 3 N–H and O–H groups in total. The van der Waals surface area contributed by atoms with Gasteiger partial charge in [-0.05, 0) is 23.7 Å². The second-order valence-corrected chi connectivity index (χ2v) is 6.88. The Morgan fingerprint density at radius 3 is 2.73 bits per heavy atom. The third-order valence-corrected chi connectivity index (χ3v) is 4.99. The van der Waals surface area contributed by atoms with Gasteiger partial charge < -0.3 is 29.9 Å². The maximum absolute atomic E-state index is 12.2. The molecule has 0 aliphatic carbocycles. The van der Waals surface area contributed by atoms with Gasteiger partial charge in [0, 0.05) is 37.9 Å². The minimum Gasteiger partial charge on any atom is -0.494 e. The summed E-state index contributed by atoms with van der Waals surface area (Å²) in [7, 11) is 1.53. The lowest BCUT2D eigenvalue weighted by Gasteiger charge is -2.34. The summed E-state index contributed by atoms with van der Waals surface area (Å²) in [6.45, 7) is 2.02. The molecule has 1 aliphatic heterocycles. The van der Waals surface area contributed by atoms with E-state index >= 15 is 0 Å². The second-order valence-electron chi connectivity index (χ2n) is 6.54. The highest BCUT2D eigenvalue weighted by Crippen LogP contribution is 2.33. The fraction of sp³-hybridized carbons (Fsp3) is 0.278. The van der Waals surface area contributed by atoms with Crippen LogP contribution in [-0.2, 0) is 0 Å². The average Bonchev–Trinajstić information content (AvgIpc) is 2.74. The molecule has 2 aromatic heterocycles. The number of carboxylic acid groups (broad SMARTS) is 1. The zero-order chi connectivity index (χ0) is 21.3. The lowest BCUT2D eigenvalue weighted by atomic mass is 10.2. The van der Waals surface area contributed by atoms with Crippen molar-refractivity contribution in [1.29, 1.82) is 0 Å². The van der Waals surface area contributed by atoms with Crippen LogP contribution in [0.15, 0.2) is 29.3 Å². The molecule has 0 radical (unpaired) electrons. The molecule has 1 saturated heterocycles. The lowest BCUT2D eigenvalue weighted by Crippen LogP contribution is -2.48. The maximum Gasteiger partial charge on any atom is 0.407 e. The van der Waals surface area contributed by atoms with Crippen LogP contribution < -0.4 is 20.5 Å². The molecule has 1 amide bonds. The Morgan fingerprint density at radius 2 is 2.03 bits per heavy atom. The number of hydrogen-bond donors (Lipinski definition) is 3. The number of amides is 1. The summed E-state index contributed by atoms with van der Waals surface area (Å²) in [5.74, 6) is 0.733. The van der Waals surface area contributed by atoms with Crippen LogP contribution >= 0.6 is 11.6 Å². The molecule has 1 fully saturated rings. The topological polar surface area (TPSA) is 137 Å². The van der Waals surface area contributed by atoms with Gasteiger partial charge in [-0.1, -0.05) is 0 Å². The first-order valence-electron chi connectivity index (χ1n) is 9.05.